The number of halogens is 3. The van der Waals surface area contributed by atoms with E-state index in [1.165, 1.54) is 18.2 Å². The number of nitrogens with two attached hydrogens (primary N) is 1. The first-order chi connectivity index (χ1) is 9.29. The predicted octanol–water partition coefficient (Wildman–Crippen LogP) is 3.17. The monoisotopic (exact) mass is 317 g/mol. The lowest BCUT2D eigenvalue weighted by Crippen LogP contribution is -2.06. The molecule has 20 heavy (non-hydrogen) atoms. The summed E-state index contributed by atoms with van der Waals surface area (Å²) < 4.78 is 50.2. The van der Waals surface area contributed by atoms with Gasteiger partial charge in [-0.15, -0.1) is 0 Å². The van der Waals surface area contributed by atoms with Crippen LogP contribution in [0.15, 0.2) is 41.3 Å². The molecular formula is C13H10ClF2NO2S. The largest absolute Gasteiger partial charge is 0.399 e. The second-order valence-corrected chi connectivity index (χ2v) is 6.58. The molecule has 106 valence electrons. The molecule has 0 saturated heterocycles. The number of anilines is 1. The number of nitrogen functional groups attached to an aromatic ring is 1. The molecule has 0 heterocycles. The minimum atomic E-state index is -3.82. The predicted molar refractivity (Wildman–Crippen MR) is 73.1 cm³/mol. The van der Waals surface area contributed by atoms with Gasteiger partial charge in [-0.2, -0.15) is 0 Å². The fourth-order valence-electron chi connectivity index (χ4n) is 1.64. The summed E-state index contributed by atoms with van der Waals surface area (Å²) in [7, 11) is -3.82. The summed E-state index contributed by atoms with van der Waals surface area (Å²) >= 11 is 5.90. The molecule has 0 bridgehead atoms. The molecule has 0 aromatic heterocycles. The molecule has 0 unspecified atom stereocenters. The fraction of sp³-hybridized carbons (Fsp3) is 0.0769. The van der Waals surface area contributed by atoms with Crippen LogP contribution in [0.1, 0.15) is 5.56 Å². The Hall–Kier alpha value is -1.66. The molecule has 0 saturated carbocycles. The topological polar surface area (TPSA) is 60.2 Å². The maximum Gasteiger partial charge on any atom is 0.182 e. The molecule has 2 N–H and O–H groups in total. The molecule has 0 amide bonds. The van der Waals surface area contributed by atoms with Crippen molar-refractivity contribution in [2.24, 2.45) is 0 Å². The van der Waals surface area contributed by atoms with E-state index in [0.717, 1.165) is 12.1 Å². The van der Waals surface area contributed by atoms with Crippen LogP contribution >= 0.6 is 11.6 Å². The van der Waals surface area contributed by atoms with E-state index >= 15 is 0 Å². The van der Waals surface area contributed by atoms with Gasteiger partial charge in [-0.3, -0.25) is 0 Å². The maximum atomic E-state index is 13.1. The zero-order chi connectivity index (χ0) is 14.9. The van der Waals surface area contributed by atoms with E-state index in [0.29, 0.717) is 17.3 Å². The molecule has 3 nitrogen and oxygen atoms in total. The first-order valence-electron chi connectivity index (χ1n) is 5.51. The van der Waals surface area contributed by atoms with Crippen LogP contribution in [-0.4, -0.2) is 8.42 Å². The van der Waals surface area contributed by atoms with E-state index in [4.69, 9.17) is 17.3 Å². The van der Waals surface area contributed by atoms with Crippen LogP contribution in [0.3, 0.4) is 0 Å². The fourth-order valence-corrected chi connectivity index (χ4v) is 3.36. The first kappa shape index (κ1) is 14.7. The van der Waals surface area contributed by atoms with E-state index in [1.807, 2.05) is 0 Å². The highest BCUT2D eigenvalue weighted by Crippen LogP contribution is 2.25. The Balaban J connectivity index is 2.38. The van der Waals surface area contributed by atoms with Crippen molar-refractivity contribution in [3.8, 4) is 0 Å². The van der Waals surface area contributed by atoms with Gasteiger partial charge in [-0.1, -0.05) is 17.7 Å². The normalized spacial score (nSPS) is 11.6. The molecule has 0 atom stereocenters. The van der Waals surface area contributed by atoms with Crippen LogP contribution in [0.2, 0.25) is 5.02 Å². The van der Waals surface area contributed by atoms with Crippen molar-refractivity contribution in [2.75, 3.05) is 5.73 Å². The van der Waals surface area contributed by atoms with E-state index < -0.39 is 27.2 Å². The van der Waals surface area contributed by atoms with Gasteiger partial charge in [0, 0.05) is 10.7 Å². The average Bonchev–Trinajstić information content (AvgIpc) is 2.36. The Morgan fingerprint density at radius 3 is 2.35 bits per heavy atom. The summed E-state index contributed by atoms with van der Waals surface area (Å²) in [6.07, 6.45) is 0. The van der Waals surface area contributed by atoms with Crippen LogP contribution in [0.25, 0.3) is 0 Å². The summed E-state index contributed by atoms with van der Waals surface area (Å²) in [5.74, 6) is -2.74. The average molecular weight is 318 g/mol. The van der Waals surface area contributed by atoms with Crippen molar-refractivity contribution in [3.63, 3.8) is 0 Å². The van der Waals surface area contributed by atoms with Crippen LogP contribution in [-0.2, 0) is 15.6 Å². The quantitative estimate of drug-likeness (QED) is 0.698. The van der Waals surface area contributed by atoms with Gasteiger partial charge < -0.3 is 5.73 Å². The maximum absolute atomic E-state index is 13.1. The number of benzene rings is 2. The molecule has 0 aliphatic carbocycles. The van der Waals surface area contributed by atoms with Gasteiger partial charge in [-0.05, 0) is 35.9 Å². The van der Waals surface area contributed by atoms with Gasteiger partial charge in [0.1, 0.15) is 0 Å². The molecule has 0 fully saturated rings. The van der Waals surface area contributed by atoms with Gasteiger partial charge in [0.15, 0.2) is 21.5 Å². The SMILES string of the molecule is Nc1ccc(CS(=O)(=O)c2ccc(F)c(F)c2)c(Cl)c1. The standard InChI is InChI=1S/C13H10ClF2NO2S/c14-11-5-9(17)2-1-8(11)7-20(18,19)10-3-4-12(15)13(16)6-10/h1-6H,7,17H2. The van der Waals surface area contributed by atoms with E-state index in [1.54, 1.807) is 0 Å². The number of sulfone groups is 1. The Morgan fingerprint density at radius 2 is 1.75 bits per heavy atom. The molecule has 2 aromatic rings. The molecule has 0 aliphatic heterocycles. The van der Waals surface area contributed by atoms with Crippen molar-refractivity contribution in [1.82, 2.24) is 0 Å². The van der Waals surface area contributed by atoms with Crippen molar-refractivity contribution >= 4 is 27.1 Å². The Bertz CT molecular complexity index is 763. The second kappa shape index (κ2) is 5.38. The van der Waals surface area contributed by atoms with Crippen LogP contribution in [0, 0.1) is 11.6 Å². The molecule has 2 rings (SSSR count). The summed E-state index contributed by atoms with van der Waals surface area (Å²) in [4.78, 5) is -0.302. The highest BCUT2D eigenvalue weighted by atomic mass is 35.5. The third-order valence-corrected chi connectivity index (χ3v) is 4.69. The first-order valence-corrected chi connectivity index (χ1v) is 7.54. The van der Waals surface area contributed by atoms with Gasteiger partial charge in [-0.25, -0.2) is 17.2 Å². The third kappa shape index (κ3) is 3.08. The van der Waals surface area contributed by atoms with Crippen molar-refractivity contribution in [3.05, 3.63) is 58.6 Å². The molecule has 0 spiro atoms. The lowest BCUT2D eigenvalue weighted by molar-refractivity contribution is 0.504. The molecule has 0 radical (unpaired) electrons. The van der Waals surface area contributed by atoms with Crippen LogP contribution in [0.5, 0.6) is 0 Å². The Kier molecular flexibility index (Phi) is 3.96. The smallest absolute Gasteiger partial charge is 0.182 e. The highest BCUT2D eigenvalue weighted by molar-refractivity contribution is 7.90. The van der Waals surface area contributed by atoms with Crippen molar-refractivity contribution in [2.45, 2.75) is 10.6 Å². The van der Waals surface area contributed by atoms with Crippen LogP contribution < -0.4 is 5.73 Å². The Morgan fingerprint density at radius 1 is 1.05 bits per heavy atom. The number of hydrogen-bond donors (Lipinski definition) is 1. The number of rotatable bonds is 3. The van der Waals surface area contributed by atoms with Gasteiger partial charge in [0.05, 0.1) is 10.6 Å². The molecular weight excluding hydrogens is 308 g/mol. The van der Waals surface area contributed by atoms with Gasteiger partial charge >= 0.3 is 0 Å². The van der Waals surface area contributed by atoms with Gasteiger partial charge in [0.25, 0.3) is 0 Å². The zero-order valence-corrected chi connectivity index (χ0v) is 11.7. The lowest BCUT2D eigenvalue weighted by atomic mass is 10.2. The molecule has 0 aliphatic rings. The second-order valence-electron chi connectivity index (χ2n) is 4.19. The number of hydrogen-bond acceptors (Lipinski definition) is 3. The molecule has 7 heteroatoms. The van der Waals surface area contributed by atoms with Gasteiger partial charge in [0.2, 0.25) is 0 Å². The minimum Gasteiger partial charge on any atom is -0.399 e. The highest BCUT2D eigenvalue weighted by Gasteiger charge is 2.19. The summed E-state index contributed by atoms with van der Waals surface area (Å²) in [5, 5.41) is 0.205. The summed E-state index contributed by atoms with van der Waals surface area (Å²) in [5.41, 5.74) is 6.26. The van der Waals surface area contributed by atoms with E-state index in [-0.39, 0.29) is 9.92 Å². The van der Waals surface area contributed by atoms with E-state index in [9.17, 15) is 17.2 Å². The molecule has 2 aromatic carbocycles. The van der Waals surface area contributed by atoms with Crippen LogP contribution in [0.4, 0.5) is 14.5 Å². The summed E-state index contributed by atoms with van der Waals surface area (Å²) in [6, 6.07) is 6.86. The third-order valence-electron chi connectivity index (χ3n) is 2.67. The summed E-state index contributed by atoms with van der Waals surface area (Å²) in [6.45, 7) is 0. The van der Waals surface area contributed by atoms with E-state index in [2.05, 4.69) is 0 Å². The van der Waals surface area contributed by atoms with Crippen molar-refractivity contribution < 1.29 is 17.2 Å². The zero-order valence-electron chi connectivity index (χ0n) is 10.1. The minimum absolute atomic E-state index is 0.205. The lowest BCUT2D eigenvalue weighted by Gasteiger charge is -2.07. The van der Waals surface area contributed by atoms with Crippen molar-refractivity contribution in [1.29, 1.82) is 0 Å². The Labute approximate surface area is 119 Å².